The van der Waals surface area contributed by atoms with Gasteiger partial charge in [-0.3, -0.25) is 4.79 Å². The number of methoxy groups -OCH3 is 1. The number of carbonyl (C=O) groups is 1. The lowest BCUT2D eigenvalue weighted by molar-refractivity contribution is 0.0961. The van der Waals surface area contributed by atoms with Gasteiger partial charge >= 0.3 is 0 Å². The highest BCUT2D eigenvalue weighted by Gasteiger charge is 2.22. The van der Waals surface area contributed by atoms with E-state index in [0.717, 1.165) is 35.5 Å². The highest BCUT2D eigenvalue weighted by molar-refractivity contribution is 5.95. The Morgan fingerprint density at radius 3 is 2.91 bits per heavy atom. The SMILES string of the molecule is CNC(=O)c1ccccc1C[C@@H]1COc2cc(OC)ccc2C1. The molecule has 0 saturated carbocycles. The minimum atomic E-state index is -0.0394. The Hall–Kier alpha value is -2.49. The zero-order valence-corrected chi connectivity index (χ0v) is 13.5. The minimum absolute atomic E-state index is 0.0394. The smallest absolute Gasteiger partial charge is 0.251 e. The summed E-state index contributed by atoms with van der Waals surface area (Å²) in [7, 11) is 3.32. The van der Waals surface area contributed by atoms with Gasteiger partial charge in [-0.25, -0.2) is 0 Å². The van der Waals surface area contributed by atoms with E-state index in [1.807, 2.05) is 36.4 Å². The van der Waals surface area contributed by atoms with E-state index in [9.17, 15) is 4.79 Å². The third-order valence-electron chi connectivity index (χ3n) is 4.26. The molecular formula is C19H21NO3. The summed E-state index contributed by atoms with van der Waals surface area (Å²) in [5.41, 5.74) is 3.01. The molecular weight excluding hydrogens is 290 g/mol. The van der Waals surface area contributed by atoms with Crippen LogP contribution in [-0.4, -0.2) is 26.7 Å². The first-order valence-corrected chi connectivity index (χ1v) is 7.81. The average molecular weight is 311 g/mol. The fourth-order valence-corrected chi connectivity index (χ4v) is 3.04. The van der Waals surface area contributed by atoms with Gasteiger partial charge in [-0.15, -0.1) is 0 Å². The monoisotopic (exact) mass is 311 g/mol. The highest BCUT2D eigenvalue weighted by Crippen LogP contribution is 2.32. The average Bonchev–Trinajstić information content (AvgIpc) is 2.61. The van der Waals surface area contributed by atoms with Crippen LogP contribution in [0.25, 0.3) is 0 Å². The van der Waals surface area contributed by atoms with E-state index >= 15 is 0 Å². The summed E-state index contributed by atoms with van der Waals surface area (Å²) in [5.74, 6) is 2.04. The number of hydrogen-bond acceptors (Lipinski definition) is 3. The lowest BCUT2D eigenvalue weighted by Gasteiger charge is -2.26. The van der Waals surface area contributed by atoms with Crippen molar-refractivity contribution in [2.24, 2.45) is 5.92 Å². The van der Waals surface area contributed by atoms with Crippen molar-refractivity contribution in [3.05, 3.63) is 59.2 Å². The molecule has 2 aromatic rings. The Morgan fingerprint density at radius 2 is 2.13 bits per heavy atom. The van der Waals surface area contributed by atoms with Crippen molar-refractivity contribution >= 4 is 5.91 Å². The number of carbonyl (C=O) groups excluding carboxylic acids is 1. The molecule has 0 unspecified atom stereocenters. The standard InChI is InChI=1S/C19H21NO3/c1-20-19(21)17-6-4-3-5-14(17)9-13-10-15-7-8-16(22-2)11-18(15)23-12-13/h3-8,11,13H,9-10,12H2,1-2H3,(H,20,21)/t13-/m0/s1. The summed E-state index contributed by atoms with van der Waals surface area (Å²) in [6.07, 6.45) is 1.77. The minimum Gasteiger partial charge on any atom is -0.497 e. The van der Waals surface area contributed by atoms with Gasteiger partial charge in [0.05, 0.1) is 13.7 Å². The maximum atomic E-state index is 12.0. The van der Waals surface area contributed by atoms with Gasteiger partial charge in [-0.05, 0) is 36.1 Å². The van der Waals surface area contributed by atoms with Gasteiger partial charge in [0, 0.05) is 24.6 Å². The van der Waals surface area contributed by atoms with E-state index in [1.165, 1.54) is 5.56 Å². The van der Waals surface area contributed by atoms with E-state index in [1.54, 1.807) is 14.2 Å². The van der Waals surface area contributed by atoms with Gasteiger partial charge < -0.3 is 14.8 Å². The van der Waals surface area contributed by atoms with Crippen LogP contribution in [-0.2, 0) is 12.8 Å². The van der Waals surface area contributed by atoms with Gasteiger partial charge in [0.25, 0.3) is 5.91 Å². The van der Waals surface area contributed by atoms with Gasteiger partial charge in [-0.1, -0.05) is 24.3 Å². The molecule has 23 heavy (non-hydrogen) atoms. The third kappa shape index (κ3) is 3.31. The van der Waals surface area contributed by atoms with Crippen LogP contribution in [0, 0.1) is 5.92 Å². The van der Waals surface area contributed by atoms with E-state index < -0.39 is 0 Å². The number of hydrogen-bond donors (Lipinski definition) is 1. The Balaban J connectivity index is 1.76. The zero-order chi connectivity index (χ0) is 16.2. The van der Waals surface area contributed by atoms with Crippen LogP contribution >= 0.6 is 0 Å². The number of rotatable bonds is 4. The number of benzene rings is 2. The summed E-state index contributed by atoms with van der Waals surface area (Å²) in [6, 6.07) is 13.7. The molecule has 4 nitrogen and oxygen atoms in total. The van der Waals surface area contributed by atoms with Crippen LogP contribution in [0.4, 0.5) is 0 Å². The lowest BCUT2D eigenvalue weighted by Crippen LogP contribution is -2.25. The third-order valence-corrected chi connectivity index (χ3v) is 4.26. The van der Waals surface area contributed by atoms with Crippen molar-refractivity contribution in [3.8, 4) is 11.5 Å². The molecule has 120 valence electrons. The van der Waals surface area contributed by atoms with Crippen molar-refractivity contribution in [3.63, 3.8) is 0 Å². The molecule has 0 aliphatic carbocycles. The van der Waals surface area contributed by atoms with Gasteiger partial charge in [0.15, 0.2) is 0 Å². The molecule has 0 fully saturated rings. The summed E-state index contributed by atoms with van der Waals surface area (Å²) in [4.78, 5) is 12.0. The van der Waals surface area contributed by atoms with E-state index in [4.69, 9.17) is 9.47 Å². The molecule has 1 N–H and O–H groups in total. The molecule has 3 rings (SSSR count). The van der Waals surface area contributed by atoms with Crippen LogP contribution in [0.1, 0.15) is 21.5 Å². The molecule has 2 aromatic carbocycles. The Morgan fingerprint density at radius 1 is 1.30 bits per heavy atom. The van der Waals surface area contributed by atoms with E-state index in [0.29, 0.717) is 12.5 Å². The van der Waals surface area contributed by atoms with Gasteiger partial charge in [-0.2, -0.15) is 0 Å². The van der Waals surface area contributed by atoms with Crippen LogP contribution in [0.15, 0.2) is 42.5 Å². The van der Waals surface area contributed by atoms with Crippen LogP contribution < -0.4 is 14.8 Å². The maximum Gasteiger partial charge on any atom is 0.251 e. The number of nitrogens with one attached hydrogen (secondary N) is 1. The van der Waals surface area contributed by atoms with Crippen LogP contribution in [0.2, 0.25) is 0 Å². The van der Waals surface area contributed by atoms with Crippen molar-refractivity contribution in [1.82, 2.24) is 5.32 Å². The second kappa shape index (κ2) is 6.73. The summed E-state index contributed by atoms with van der Waals surface area (Å²) >= 11 is 0. The van der Waals surface area contributed by atoms with Crippen LogP contribution in [0.5, 0.6) is 11.5 Å². The first-order valence-electron chi connectivity index (χ1n) is 7.81. The van der Waals surface area contributed by atoms with E-state index in [2.05, 4.69) is 11.4 Å². The first kappa shape index (κ1) is 15.4. The molecule has 0 spiro atoms. The molecule has 1 amide bonds. The first-order chi connectivity index (χ1) is 11.2. The summed E-state index contributed by atoms with van der Waals surface area (Å²) in [5, 5.41) is 2.70. The summed E-state index contributed by atoms with van der Waals surface area (Å²) in [6.45, 7) is 0.655. The molecule has 0 aromatic heterocycles. The maximum absolute atomic E-state index is 12.0. The lowest BCUT2D eigenvalue weighted by atomic mass is 9.89. The molecule has 1 aliphatic heterocycles. The Bertz CT molecular complexity index is 712. The fourth-order valence-electron chi connectivity index (χ4n) is 3.04. The Labute approximate surface area is 136 Å². The number of amides is 1. The van der Waals surface area contributed by atoms with Crippen molar-refractivity contribution in [2.75, 3.05) is 20.8 Å². The molecule has 1 heterocycles. The van der Waals surface area contributed by atoms with Crippen molar-refractivity contribution in [1.29, 1.82) is 0 Å². The van der Waals surface area contributed by atoms with Gasteiger partial charge in [0.2, 0.25) is 0 Å². The normalized spacial score (nSPS) is 16.2. The zero-order valence-electron chi connectivity index (χ0n) is 13.5. The predicted octanol–water partition coefficient (Wildman–Crippen LogP) is 2.85. The largest absolute Gasteiger partial charge is 0.497 e. The number of fused-ring (bicyclic) bond motifs is 1. The van der Waals surface area contributed by atoms with Crippen molar-refractivity contribution in [2.45, 2.75) is 12.8 Å². The molecule has 1 atom stereocenters. The predicted molar refractivity (Wildman–Crippen MR) is 89.2 cm³/mol. The molecule has 4 heteroatoms. The van der Waals surface area contributed by atoms with Crippen molar-refractivity contribution < 1.29 is 14.3 Å². The molecule has 0 bridgehead atoms. The highest BCUT2D eigenvalue weighted by atomic mass is 16.5. The molecule has 0 radical (unpaired) electrons. The topological polar surface area (TPSA) is 47.6 Å². The quantitative estimate of drug-likeness (QED) is 0.944. The number of ether oxygens (including phenoxy) is 2. The fraction of sp³-hybridized carbons (Fsp3) is 0.316. The summed E-state index contributed by atoms with van der Waals surface area (Å²) < 4.78 is 11.1. The molecule has 0 saturated heterocycles. The molecule has 1 aliphatic rings. The van der Waals surface area contributed by atoms with E-state index in [-0.39, 0.29) is 5.91 Å². The van der Waals surface area contributed by atoms with Gasteiger partial charge in [0.1, 0.15) is 11.5 Å². The second-order valence-corrected chi connectivity index (χ2v) is 5.80. The van der Waals surface area contributed by atoms with Crippen LogP contribution in [0.3, 0.4) is 0 Å². The Kier molecular flexibility index (Phi) is 4.51. The second-order valence-electron chi connectivity index (χ2n) is 5.80.